The topological polar surface area (TPSA) is 67.4 Å². The van der Waals surface area contributed by atoms with Crippen molar-refractivity contribution in [2.24, 2.45) is 5.92 Å². The zero-order chi connectivity index (χ0) is 15.6. The van der Waals surface area contributed by atoms with Crippen molar-refractivity contribution in [3.8, 4) is 0 Å². The second-order valence-electron chi connectivity index (χ2n) is 5.18. The quantitative estimate of drug-likeness (QED) is 0.797. The lowest BCUT2D eigenvalue weighted by molar-refractivity contribution is -0.145. The molecule has 3 unspecified atom stereocenters. The normalized spacial score (nSPS) is 19.6. The van der Waals surface area contributed by atoms with Gasteiger partial charge in [-0.3, -0.25) is 14.9 Å². The first-order valence-electron chi connectivity index (χ1n) is 6.92. The van der Waals surface area contributed by atoms with Gasteiger partial charge in [0.2, 0.25) is 5.91 Å². The van der Waals surface area contributed by atoms with Gasteiger partial charge in [0, 0.05) is 15.7 Å². The predicted octanol–water partition coefficient (Wildman–Crippen LogP) is 2.62. The number of esters is 1. The van der Waals surface area contributed by atoms with E-state index in [0.29, 0.717) is 0 Å². The molecule has 0 spiro atoms. The molecule has 3 atom stereocenters. The number of carbonyl (C=O) groups excluding carboxylic acids is 2. The van der Waals surface area contributed by atoms with Gasteiger partial charge in [0.25, 0.3) is 0 Å². The number of amides is 1. The van der Waals surface area contributed by atoms with E-state index in [1.165, 1.54) is 7.11 Å². The Balaban J connectivity index is 2.30. The monoisotopic (exact) mass is 354 g/mol. The van der Waals surface area contributed by atoms with Crippen molar-refractivity contribution in [1.82, 2.24) is 5.32 Å². The average Bonchev–Trinajstić information content (AvgIpc) is 2.80. The summed E-state index contributed by atoms with van der Waals surface area (Å²) in [5, 5.41) is 5.97. The Bertz CT molecular complexity index is 562. The number of rotatable bonds is 5. The van der Waals surface area contributed by atoms with Crippen molar-refractivity contribution in [2.75, 3.05) is 12.4 Å². The lowest BCUT2D eigenvalue weighted by Crippen LogP contribution is -2.46. The van der Waals surface area contributed by atoms with Crippen LogP contribution in [0.15, 0.2) is 22.7 Å². The fraction of sp³-hybridized carbons (Fsp3) is 0.467. The van der Waals surface area contributed by atoms with Crippen LogP contribution >= 0.6 is 15.9 Å². The molecule has 1 aliphatic heterocycles. The number of fused-ring (bicyclic) bond motifs is 1. The molecule has 6 heteroatoms. The smallest absolute Gasteiger partial charge is 0.323 e. The minimum atomic E-state index is -0.561. The van der Waals surface area contributed by atoms with Crippen molar-refractivity contribution in [2.45, 2.75) is 32.4 Å². The van der Waals surface area contributed by atoms with Gasteiger partial charge in [0.1, 0.15) is 12.1 Å². The van der Waals surface area contributed by atoms with Crippen LogP contribution in [0.4, 0.5) is 5.69 Å². The van der Waals surface area contributed by atoms with Gasteiger partial charge in [-0.2, -0.15) is 0 Å². The molecule has 0 saturated heterocycles. The summed E-state index contributed by atoms with van der Waals surface area (Å²) < 4.78 is 5.69. The maximum Gasteiger partial charge on any atom is 0.323 e. The Hall–Kier alpha value is -1.40. The van der Waals surface area contributed by atoms with Crippen molar-refractivity contribution in [3.05, 3.63) is 28.2 Å². The van der Waals surface area contributed by atoms with Gasteiger partial charge in [-0.1, -0.05) is 42.3 Å². The number of anilines is 1. The number of methoxy groups -OCH3 is 1. The number of carbonyl (C=O) groups is 2. The molecule has 1 aliphatic rings. The zero-order valence-electron chi connectivity index (χ0n) is 12.3. The van der Waals surface area contributed by atoms with E-state index in [0.717, 1.165) is 22.1 Å². The lowest BCUT2D eigenvalue weighted by atomic mass is 9.97. The van der Waals surface area contributed by atoms with Crippen LogP contribution in [0.3, 0.4) is 0 Å². The molecular formula is C15H19BrN2O3. The van der Waals surface area contributed by atoms with Crippen LogP contribution in [-0.2, 0) is 14.3 Å². The summed E-state index contributed by atoms with van der Waals surface area (Å²) in [6, 6.07) is 4.50. The van der Waals surface area contributed by atoms with Crippen molar-refractivity contribution in [3.63, 3.8) is 0 Å². The molecule has 0 aliphatic carbocycles. The van der Waals surface area contributed by atoms with Gasteiger partial charge >= 0.3 is 5.97 Å². The fourth-order valence-corrected chi connectivity index (χ4v) is 3.04. The molecule has 5 nitrogen and oxygen atoms in total. The largest absolute Gasteiger partial charge is 0.468 e. The third-order valence-electron chi connectivity index (χ3n) is 3.88. The van der Waals surface area contributed by atoms with Gasteiger partial charge in [-0.15, -0.1) is 0 Å². The second kappa shape index (κ2) is 6.58. The molecule has 0 fully saturated rings. The highest BCUT2D eigenvalue weighted by atomic mass is 79.9. The number of nitrogens with one attached hydrogen (secondary N) is 2. The molecule has 0 saturated carbocycles. The summed E-state index contributed by atoms with van der Waals surface area (Å²) in [5.74, 6) is -0.441. The maximum atomic E-state index is 12.2. The van der Waals surface area contributed by atoms with Crippen LogP contribution in [0.1, 0.15) is 31.9 Å². The maximum absolute atomic E-state index is 12.2. The molecule has 21 heavy (non-hydrogen) atoms. The van der Waals surface area contributed by atoms with Crippen LogP contribution < -0.4 is 10.6 Å². The van der Waals surface area contributed by atoms with Gasteiger partial charge in [-0.25, -0.2) is 0 Å². The van der Waals surface area contributed by atoms with E-state index < -0.39 is 12.1 Å². The van der Waals surface area contributed by atoms with Crippen LogP contribution in [0.25, 0.3) is 0 Å². The summed E-state index contributed by atoms with van der Waals surface area (Å²) in [5.41, 5.74) is 1.60. The highest BCUT2D eigenvalue weighted by molar-refractivity contribution is 9.10. The second-order valence-corrected chi connectivity index (χ2v) is 6.03. The highest BCUT2D eigenvalue weighted by Crippen LogP contribution is 2.37. The molecule has 1 heterocycles. The average molecular weight is 355 g/mol. The Morgan fingerprint density at radius 2 is 2.24 bits per heavy atom. The molecular weight excluding hydrogens is 336 g/mol. The standard InChI is InChI=1S/C15H19BrN2O3/c1-4-8(2)12(15(20)21-3)18-13-11-9(16)6-5-7-10(11)17-14(13)19/h5-8,12-13,18H,4H2,1-3H3,(H,17,19). The van der Waals surface area contributed by atoms with E-state index in [1.807, 2.05) is 32.0 Å². The Labute approximate surface area is 132 Å². The highest BCUT2D eigenvalue weighted by Gasteiger charge is 2.37. The summed E-state index contributed by atoms with van der Waals surface area (Å²) >= 11 is 3.46. The zero-order valence-corrected chi connectivity index (χ0v) is 13.9. The van der Waals surface area contributed by atoms with Crippen molar-refractivity contribution < 1.29 is 14.3 Å². The molecule has 1 aromatic carbocycles. The fourth-order valence-electron chi connectivity index (χ4n) is 2.44. The summed E-state index contributed by atoms with van der Waals surface area (Å²) in [7, 11) is 1.36. The number of hydrogen-bond donors (Lipinski definition) is 2. The minimum Gasteiger partial charge on any atom is -0.468 e. The molecule has 0 aromatic heterocycles. The van der Waals surface area contributed by atoms with Crippen LogP contribution in [0, 0.1) is 5.92 Å². The van der Waals surface area contributed by atoms with E-state index in [1.54, 1.807) is 0 Å². The minimum absolute atomic E-state index is 0.0665. The van der Waals surface area contributed by atoms with Crippen LogP contribution in [-0.4, -0.2) is 25.0 Å². The van der Waals surface area contributed by atoms with Gasteiger partial charge in [-0.05, 0) is 18.1 Å². The first-order chi connectivity index (χ1) is 9.99. The molecule has 2 N–H and O–H groups in total. The number of benzene rings is 1. The predicted molar refractivity (Wildman–Crippen MR) is 83.9 cm³/mol. The van der Waals surface area contributed by atoms with Gasteiger partial charge in [0.15, 0.2) is 0 Å². The van der Waals surface area contributed by atoms with Gasteiger partial charge < -0.3 is 10.1 Å². The van der Waals surface area contributed by atoms with E-state index in [-0.39, 0.29) is 17.8 Å². The lowest BCUT2D eigenvalue weighted by Gasteiger charge is -2.25. The van der Waals surface area contributed by atoms with Crippen molar-refractivity contribution >= 4 is 33.5 Å². The Morgan fingerprint density at radius 3 is 2.86 bits per heavy atom. The van der Waals surface area contributed by atoms with Crippen LogP contribution in [0.2, 0.25) is 0 Å². The SMILES string of the molecule is CCC(C)C(NC1C(=O)Nc2cccc(Br)c21)C(=O)OC. The van der Waals surface area contributed by atoms with Gasteiger partial charge in [0.05, 0.1) is 7.11 Å². The number of hydrogen-bond acceptors (Lipinski definition) is 4. The Kier molecular flexibility index (Phi) is 5.00. The van der Waals surface area contributed by atoms with E-state index in [2.05, 4.69) is 26.6 Å². The summed E-state index contributed by atoms with van der Waals surface area (Å²) in [6.45, 7) is 3.96. The number of ether oxygens (including phenoxy) is 1. The third-order valence-corrected chi connectivity index (χ3v) is 4.57. The van der Waals surface area contributed by atoms with Crippen molar-refractivity contribution in [1.29, 1.82) is 0 Å². The molecule has 114 valence electrons. The number of halogens is 1. The molecule has 0 bridgehead atoms. The molecule has 1 amide bonds. The third kappa shape index (κ3) is 3.11. The first kappa shape index (κ1) is 16.0. The van der Waals surface area contributed by atoms with Crippen LogP contribution in [0.5, 0.6) is 0 Å². The molecule has 1 aromatic rings. The van der Waals surface area contributed by atoms with E-state index >= 15 is 0 Å². The molecule has 2 rings (SSSR count). The Morgan fingerprint density at radius 1 is 1.52 bits per heavy atom. The summed E-state index contributed by atoms with van der Waals surface area (Å²) in [4.78, 5) is 24.2. The molecule has 0 radical (unpaired) electrons. The first-order valence-corrected chi connectivity index (χ1v) is 7.72. The summed E-state index contributed by atoms with van der Waals surface area (Å²) in [6.07, 6.45) is 0.809. The van der Waals surface area contributed by atoms with E-state index in [4.69, 9.17) is 4.74 Å². The van der Waals surface area contributed by atoms with E-state index in [9.17, 15) is 9.59 Å².